The number of methoxy groups -OCH3 is 1. The van der Waals surface area contributed by atoms with E-state index < -0.39 is 0 Å². The quantitative estimate of drug-likeness (QED) is 0.793. The lowest BCUT2D eigenvalue weighted by molar-refractivity contribution is -0.123. The number of benzene rings is 1. The van der Waals surface area contributed by atoms with Crippen molar-refractivity contribution in [1.29, 1.82) is 0 Å². The minimum absolute atomic E-state index is 0.0360. The highest BCUT2D eigenvalue weighted by Gasteiger charge is 2.28. The van der Waals surface area contributed by atoms with E-state index >= 15 is 0 Å². The zero-order chi connectivity index (χ0) is 15.2. The van der Waals surface area contributed by atoms with Crippen molar-refractivity contribution in [3.63, 3.8) is 0 Å². The van der Waals surface area contributed by atoms with Gasteiger partial charge in [-0.2, -0.15) is 0 Å². The van der Waals surface area contributed by atoms with Crippen molar-refractivity contribution in [2.45, 2.75) is 43.2 Å². The molecule has 0 spiro atoms. The number of hydrogen-bond acceptors (Lipinski definition) is 4. The molecule has 3 N–H and O–H groups in total. The third kappa shape index (κ3) is 4.14. The van der Waals surface area contributed by atoms with Gasteiger partial charge in [0.05, 0.1) is 13.0 Å². The molecule has 4 nitrogen and oxygen atoms in total. The third-order valence-electron chi connectivity index (χ3n) is 4.15. The molecule has 1 aliphatic rings. The number of carbonyl (C=O) groups is 1. The van der Waals surface area contributed by atoms with E-state index in [4.69, 9.17) is 10.5 Å². The van der Waals surface area contributed by atoms with E-state index in [2.05, 4.69) is 23.5 Å². The van der Waals surface area contributed by atoms with E-state index in [1.807, 2.05) is 6.26 Å². The number of nitrogens with one attached hydrogen (secondary N) is 1. The third-order valence-corrected chi connectivity index (χ3v) is 4.92. The number of primary amides is 1. The molecule has 116 valence electrons. The molecule has 1 amide bonds. The van der Waals surface area contributed by atoms with Crippen LogP contribution < -0.4 is 15.8 Å². The van der Waals surface area contributed by atoms with E-state index in [0.29, 0.717) is 0 Å². The lowest BCUT2D eigenvalue weighted by Gasteiger charge is -2.30. The molecule has 2 atom stereocenters. The minimum atomic E-state index is -0.178. The fraction of sp³-hybridized carbons (Fsp3) is 0.562. The molecule has 21 heavy (non-hydrogen) atoms. The van der Waals surface area contributed by atoms with Gasteiger partial charge in [-0.3, -0.25) is 4.79 Å². The molecule has 0 aromatic heterocycles. The number of rotatable bonds is 6. The Morgan fingerprint density at radius 3 is 2.86 bits per heavy atom. The van der Waals surface area contributed by atoms with Gasteiger partial charge in [0, 0.05) is 17.5 Å². The predicted octanol–water partition coefficient (Wildman–Crippen LogP) is 2.55. The molecule has 0 aliphatic heterocycles. The summed E-state index contributed by atoms with van der Waals surface area (Å²) in [6.45, 7) is 0.736. The van der Waals surface area contributed by atoms with E-state index in [0.717, 1.165) is 42.9 Å². The number of amides is 1. The first kappa shape index (κ1) is 16.2. The number of carbonyl (C=O) groups excluding carboxylic acids is 1. The summed E-state index contributed by atoms with van der Waals surface area (Å²) in [7, 11) is 1.69. The topological polar surface area (TPSA) is 64.3 Å². The minimum Gasteiger partial charge on any atom is -0.496 e. The van der Waals surface area contributed by atoms with Gasteiger partial charge < -0.3 is 15.8 Å². The first-order valence-corrected chi connectivity index (χ1v) is 8.61. The van der Waals surface area contributed by atoms with Crippen molar-refractivity contribution in [1.82, 2.24) is 5.32 Å². The Balaban J connectivity index is 2.00. The molecule has 0 saturated heterocycles. The lowest BCUT2D eigenvalue weighted by atomic mass is 9.84. The van der Waals surface area contributed by atoms with Gasteiger partial charge in [0.1, 0.15) is 5.75 Å². The summed E-state index contributed by atoms with van der Waals surface area (Å²) in [4.78, 5) is 12.7. The van der Waals surface area contributed by atoms with Crippen LogP contribution in [-0.2, 0) is 11.3 Å². The van der Waals surface area contributed by atoms with Crippen molar-refractivity contribution in [2.24, 2.45) is 11.7 Å². The van der Waals surface area contributed by atoms with Crippen LogP contribution in [0.25, 0.3) is 0 Å². The molecular weight excluding hydrogens is 284 g/mol. The van der Waals surface area contributed by atoms with Crippen molar-refractivity contribution in [3.05, 3.63) is 23.8 Å². The maximum Gasteiger partial charge on any atom is 0.222 e. The SMILES string of the molecule is COc1cc(CNC2CCCCC2C(N)=O)ccc1SC. The van der Waals surface area contributed by atoms with Gasteiger partial charge in [0.2, 0.25) is 5.91 Å². The smallest absolute Gasteiger partial charge is 0.222 e. The normalized spacial score (nSPS) is 22.0. The second kappa shape index (κ2) is 7.71. The van der Waals surface area contributed by atoms with Crippen LogP contribution in [0, 0.1) is 5.92 Å². The summed E-state index contributed by atoms with van der Waals surface area (Å²) in [5.74, 6) is 0.686. The van der Waals surface area contributed by atoms with Crippen LogP contribution >= 0.6 is 11.8 Å². The number of nitrogens with two attached hydrogens (primary N) is 1. The standard InChI is InChI=1S/C16H24N2O2S/c1-20-14-9-11(7-8-15(14)21-2)10-18-13-6-4-3-5-12(13)16(17)19/h7-9,12-13,18H,3-6,10H2,1-2H3,(H2,17,19). The Morgan fingerprint density at radius 2 is 2.19 bits per heavy atom. The Bertz CT molecular complexity index is 493. The molecule has 5 heteroatoms. The van der Waals surface area contributed by atoms with Crippen LogP contribution in [0.4, 0.5) is 0 Å². The molecule has 0 bridgehead atoms. The summed E-state index contributed by atoms with van der Waals surface area (Å²) in [6, 6.07) is 6.43. The van der Waals surface area contributed by atoms with Crippen molar-refractivity contribution >= 4 is 17.7 Å². The molecular formula is C16H24N2O2S. The van der Waals surface area contributed by atoms with Crippen LogP contribution in [0.15, 0.2) is 23.1 Å². The molecule has 2 rings (SSSR count). The number of thioether (sulfide) groups is 1. The van der Waals surface area contributed by atoms with Gasteiger partial charge in [-0.1, -0.05) is 18.9 Å². The maximum atomic E-state index is 11.5. The second-order valence-electron chi connectivity index (χ2n) is 5.47. The summed E-state index contributed by atoms with van der Waals surface area (Å²) in [5.41, 5.74) is 6.67. The second-order valence-corrected chi connectivity index (χ2v) is 6.32. The zero-order valence-electron chi connectivity index (χ0n) is 12.7. The van der Waals surface area contributed by atoms with E-state index in [-0.39, 0.29) is 17.9 Å². The fourth-order valence-corrected chi connectivity index (χ4v) is 3.50. The first-order chi connectivity index (χ1) is 10.2. The highest BCUT2D eigenvalue weighted by molar-refractivity contribution is 7.98. The zero-order valence-corrected chi connectivity index (χ0v) is 13.5. The molecule has 2 unspecified atom stereocenters. The van der Waals surface area contributed by atoms with Gasteiger partial charge in [0.15, 0.2) is 0 Å². The Hall–Kier alpha value is -1.20. The fourth-order valence-electron chi connectivity index (χ4n) is 2.96. The summed E-state index contributed by atoms with van der Waals surface area (Å²) >= 11 is 1.67. The van der Waals surface area contributed by atoms with Gasteiger partial charge in [0.25, 0.3) is 0 Å². The summed E-state index contributed by atoms with van der Waals surface area (Å²) < 4.78 is 5.41. The maximum absolute atomic E-state index is 11.5. The largest absolute Gasteiger partial charge is 0.496 e. The van der Waals surface area contributed by atoms with Crippen LogP contribution in [0.3, 0.4) is 0 Å². The molecule has 0 radical (unpaired) electrons. The van der Waals surface area contributed by atoms with Crippen LogP contribution in [0.2, 0.25) is 0 Å². The Morgan fingerprint density at radius 1 is 1.43 bits per heavy atom. The van der Waals surface area contributed by atoms with E-state index in [1.165, 1.54) is 5.56 Å². The highest BCUT2D eigenvalue weighted by atomic mass is 32.2. The number of ether oxygens (including phenoxy) is 1. The Kier molecular flexibility index (Phi) is 5.94. The van der Waals surface area contributed by atoms with Crippen molar-refractivity contribution in [2.75, 3.05) is 13.4 Å². The number of hydrogen-bond donors (Lipinski definition) is 2. The van der Waals surface area contributed by atoms with Gasteiger partial charge in [-0.05, 0) is 36.8 Å². The highest BCUT2D eigenvalue weighted by Crippen LogP contribution is 2.29. The predicted molar refractivity (Wildman–Crippen MR) is 86.6 cm³/mol. The molecule has 0 heterocycles. The van der Waals surface area contributed by atoms with Crippen LogP contribution in [0.1, 0.15) is 31.2 Å². The monoisotopic (exact) mass is 308 g/mol. The lowest BCUT2D eigenvalue weighted by Crippen LogP contribution is -2.44. The molecule has 1 saturated carbocycles. The average molecular weight is 308 g/mol. The summed E-state index contributed by atoms with van der Waals surface area (Å²) in [5, 5.41) is 3.49. The van der Waals surface area contributed by atoms with E-state index in [1.54, 1.807) is 18.9 Å². The van der Waals surface area contributed by atoms with Crippen LogP contribution in [-0.4, -0.2) is 25.3 Å². The molecule has 1 aromatic rings. The molecule has 1 fully saturated rings. The average Bonchev–Trinajstić information content (AvgIpc) is 2.52. The first-order valence-electron chi connectivity index (χ1n) is 7.39. The van der Waals surface area contributed by atoms with Crippen LogP contribution in [0.5, 0.6) is 5.75 Å². The summed E-state index contributed by atoms with van der Waals surface area (Å²) in [6.07, 6.45) is 6.23. The van der Waals surface area contributed by atoms with E-state index in [9.17, 15) is 4.79 Å². The van der Waals surface area contributed by atoms with Crippen molar-refractivity contribution in [3.8, 4) is 5.75 Å². The van der Waals surface area contributed by atoms with Crippen molar-refractivity contribution < 1.29 is 9.53 Å². The molecule has 1 aromatic carbocycles. The van der Waals surface area contributed by atoms with Gasteiger partial charge >= 0.3 is 0 Å². The molecule has 1 aliphatic carbocycles. The Labute approximate surface area is 130 Å². The van der Waals surface area contributed by atoms with Gasteiger partial charge in [-0.15, -0.1) is 11.8 Å². The van der Waals surface area contributed by atoms with Gasteiger partial charge in [-0.25, -0.2) is 0 Å².